The SMILES string of the molecule is CC(=O)N1c2ccc(O)cc2Oc2c(O)c(O)c3ooc3c21. The Labute approximate surface area is 122 Å². The number of benzene rings is 2. The van der Waals surface area contributed by atoms with Gasteiger partial charge in [0.1, 0.15) is 11.4 Å². The van der Waals surface area contributed by atoms with Crippen molar-refractivity contribution in [2.45, 2.75) is 6.92 Å². The van der Waals surface area contributed by atoms with Gasteiger partial charge in [0, 0.05) is 13.0 Å². The fraction of sp³-hybridized carbons (Fsp3) is 0.0714. The summed E-state index contributed by atoms with van der Waals surface area (Å²) in [5.74, 6) is -1.59. The smallest absolute Gasteiger partial charge is 0.273 e. The van der Waals surface area contributed by atoms with Crippen LogP contribution in [-0.4, -0.2) is 21.2 Å². The quantitative estimate of drug-likeness (QED) is 0.431. The van der Waals surface area contributed by atoms with Gasteiger partial charge in [0.15, 0.2) is 5.75 Å². The van der Waals surface area contributed by atoms with Gasteiger partial charge < -0.3 is 20.1 Å². The molecule has 0 radical (unpaired) electrons. The van der Waals surface area contributed by atoms with Crippen molar-refractivity contribution in [2.75, 3.05) is 4.90 Å². The topological polar surface area (TPSA) is 117 Å². The Bertz CT molecular complexity index is 936. The van der Waals surface area contributed by atoms with Crippen LogP contribution in [0.3, 0.4) is 0 Å². The van der Waals surface area contributed by atoms with E-state index in [1.807, 2.05) is 0 Å². The number of fused-ring (bicyclic) bond motifs is 4. The number of ether oxygens (including phenoxy) is 1. The molecule has 0 spiro atoms. The second kappa shape index (κ2) is 3.88. The van der Waals surface area contributed by atoms with E-state index in [-0.39, 0.29) is 40.0 Å². The first kappa shape index (κ1) is 12.5. The molecular formula is C14H9NO7. The van der Waals surface area contributed by atoms with Gasteiger partial charge in [-0.05, 0) is 12.1 Å². The van der Waals surface area contributed by atoms with Crippen LogP contribution in [0.1, 0.15) is 6.92 Å². The van der Waals surface area contributed by atoms with Gasteiger partial charge in [-0.3, -0.25) is 18.8 Å². The van der Waals surface area contributed by atoms with Crippen LogP contribution in [0.15, 0.2) is 27.4 Å². The molecular weight excluding hydrogens is 294 g/mol. The predicted octanol–water partition coefficient (Wildman–Crippen LogP) is 2.93. The number of phenolic OH excluding ortho intramolecular Hbond substituents is 3. The number of phenols is 3. The Morgan fingerprint density at radius 1 is 1.09 bits per heavy atom. The van der Waals surface area contributed by atoms with Crippen molar-refractivity contribution in [3.8, 4) is 28.7 Å². The highest BCUT2D eigenvalue weighted by Gasteiger charge is 2.37. The van der Waals surface area contributed by atoms with Crippen LogP contribution < -0.4 is 9.64 Å². The minimum Gasteiger partial charge on any atom is -0.508 e. The van der Waals surface area contributed by atoms with E-state index in [2.05, 4.69) is 4.58 Å². The van der Waals surface area contributed by atoms with Crippen LogP contribution in [0, 0.1) is 0 Å². The van der Waals surface area contributed by atoms with Gasteiger partial charge in [-0.25, -0.2) is 0 Å². The zero-order valence-electron chi connectivity index (χ0n) is 11.2. The first-order valence-corrected chi connectivity index (χ1v) is 6.27. The summed E-state index contributed by atoms with van der Waals surface area (Å²) in [5.41, 5.74) is 0.496. The lowest BCUT2D eigenvalue weighted by Crippen LogP contribution is -2.26. The summed E-state index contributed by atoms with van der Waals surface area (Å²) in [6.07, 6.45) is 0. The maximum atomic E-state index is 12.1. The molecule has 0 unspecified atom stereocenters. The fourth-order valence-electron chi connectivity index (χ4n) is 2.48. The summed E-state index contributed by atoms with van der Waals surface area (Å²) in [5, 5.41) is 29.5. The maximum absolute atomic E-state index is 12.1. The molecule has 1 aliphatic rings. The lowest BCUT2D eigenvalue weighted by Gasteiger charge is -2.31. The Kier molecular flexibility index (Phi) is 2.19. The van der Waals surface area contributed by atoms with Crippen molar-refractivity contribution < 1.29 is 34.0 Å². The number of nitrogens with zero attached hydrogens (tertiary/aromatic N) is 1. The van der Waals surface area contributed by atoms with Crippen LogP contribution in [0.25, 0.3) is 11.2 Å². The first-order valence-electron chi connectivity index (χ1n) is 6.27. The highest BCUT2D eigenvalue weighted by atomic mass is 17.0. The summed E-state index contributed by atoms with van der Waals surface area (Å²) in [6.45, 7) is 1.32. The number of anilines is 2. The predicted molar refractivity (Wildman–Crippen MR) is 72.8 cm³/mol. The second-order valence-corrected chi connectivity index (χ2v) is 4.81. The van der Waals surface area contributed by atoms with Crippen LogP contribution in [0.2, 0.25) is 0 Å². The summed E-state index contributed by atoms with van der Waals surface area (Å²) in [7, 11) is 0. The van der Waals surface area contributed by atoms with Gasteiger partial charge in [0.05, 0.1) is 5.69 Å². The van der Waals surface area contributed by atoms with Gasteiger partial charge in [-0.2, -0.15) is 0 Å². The molecule has 8 heteroatoms. The van der Waals surface area contributed by atoms with Crippen molar-refractivity contribution in [2.24, 2.45) is 0 Å². The molecule has 2 aromatic carbocycles. The molecule has 8 nitrogen and oxygen atoms in total. The van der Waals surface area contributed by atoms with Gasteiger partial charge in [0.2, 0.25) is 23.2 Å². The average Bonchev–Trinajstić information content (AvgIpc) is 2.42. The van der Waals surface area contributed by atoms with Gasteiger partial charge in [-0.1, -0.05) is 0 Å². The highest BCUT2D eigenvalue weighted by Crippen LogP contribution is 2.58. The third kappa shape index (κ3) is 1.38. The van der Waals surface area contributed by atoms with E-state index in [1.165, 1.54) is 30.0 Å². The van der Waals surface area contributed by atoms with Crippen molar-refractivity contribution in [3.05, 3.63) is 18.2 Å². The molecule has 4 rings (SSSR count). The normalized spacial score (nSPS) is 12.9. The molecule has 2 heterocycles. The molecule has 22 heavy (non-hydrogen) atoms. The van der Waals surface area contributed by atoms with E-state index in [0.717, 1.165) is 0 Å². The molecule has 0 aliphatic carbocycles. The van der Waals surface area contributed by atoms with Crippen molar-refractivity contribution >= 4 is 28.4 Å². The number of carbonyl (C=O) groups is 1. The highest BCUT2D eigenvalue weighted by molar-refractivity contribution is 6.11. The molecule has 0 bridgehead atoms. The number of amides is 1. The monoisotopic (exact) mass is 303 g/mol. The van der Waals surface area contributed by atoms with E-state index in [9.17, 15) is 20.1 Å². The molecule has 1 aliphatic heterocycles. The largest absolute Gasteiger partial charge is 0.508 e. The molecule has 0 saturated heterocycles. The average molecular weight is 303 g/mol. The van der Waals surface area contributed by atoms with E-state index in [1.54, 1.807) is 0 Å². The number of aromatic hydroxyl groups is 3. The molecule has 0 atom stereocenters. The summed E-state index contributed by atoms with van der Waals surface area (Å²) in [4.78, 5) is 13.3. The summed E-state index contributed by atoms with van der Waals surface area (Å²) >= 11 is 0. The number of hydrogen-bond donors (Lipinski definition) is 3. The molecule has 3 N–H and O–H groups in total. The van der Waals surface area contributed by atoms with Crippen LogP contribution in [-0.2, 0) is 4.79 Å². The Morgan fingerprint density at radius 2 is 1.82 bits per heavy atom. The molecule has 3 aromatic rings. The van der Waals surface area contributed by atoms with Crippen molar-refractivity contribution in [1.82, 2.24) is 0 Å². The lowest BCUT2D eigenvalue weighted by molar-refractivity contribution is -0.115. The van der Waals surface area contributed by atoms with E-state index in [0.29, 0.717) is 5.69 Å². The lowest BCUT2D eigenvalue weighted by atomic mass is 10.1. The van der Waals surface area contributed by atoms with Gasteiger partial charge >= 0.3 is 0 Å². The minimum atomic E-state index is -0.586. The molecule has 1 aromatic heterocycles. The fourth-order valence-corrected chi connectivity index (χ4v) is 2.48. The Hall–Kier alpha value is -3.29. The summed E-state index contributed by atoms with van der Waals surface area (Å²) in [6, 6.07) is 4.18. The third-order valence-electron chi connectivity index (χ3n) is 3.43. The second-order valence-electron chi connectivity index (χ2n) is 4.81. The van der Waals surface area contributed by atoms with E-state index in [4.69, 9.17) is 9.31 Å². The van der Waals surface area contributed by atoms with Gasteiger partial charge in [-0.15, -0.1) is 0 Å². The van der Waals surface area contributed by atoms with Crippen LogP contribution in [0.4, 0.5) is 11.4 Å². The Morgan fingerprint density at radius 3 is 2.45 bits per heavy atom. The molecule has 1 amide bonds. The molecule has 0 fully saturated rings. The number of hydrogen-bond acceptors (Lipinski definition) is 7. The Balaban J connectivity index is 2.08. The van der Waals surface area contributed by atoms with Gasteiger partial charge in [0.25, 0.3) is 11.2 Å². The number of rotatable bonds is 0. The molecule has 112 valence electrons. The first-order chi connectivity index (χ1) is 10.5. The van der Waals surface area contributed by atoms with Crippen LogP contribution >= 0.6 is 0 Å². The van der Waals surface area contributed by atoms with Crippen molar-refractivity contribution in [3.63, 3.8) is 0 Å². The van der Waals surface area contributed by atoms with Crippen molar-refractivity contribution in [1.29, 1.82) is 0 Å². The third-order valence-corrected chi connectivity index (χ3v) is 3.43. The maximum Gasteiger partial charge on any atom is 0.273 e. The van der Waals surface area contributed by atoms with E-state index < -0.39 is 11.5 Å². The summed E-state index contributed by atoms with van der Waals surface area (Å²) < 4.78 is 15.0. The minimum absolute atomic E-state index is 0.0714. The zero-order valence-corrected chi connectivity index (χ0v) is 11.2. The number of carbonyl (C=O) groups excluding carboxylic acids is 1. The van der Waals surface area contributed by atoms with E-state index >= 15 is 0 Å². The molecule has 0 saturated carbocycles. The van der Waals surface area contributed by atoms with Crippen LogP contribution in [0.5, 0.6) is 28.7 Å². The standard InChI is InChI=1S/C14H9NO7/c1-5(16)15-7-3-2-6(17)4-8(7)20-12-9(15)13-14(22-21-13)11(19)10(12)18/h2-4,17-19H,1H3. The zero-order chi connectivity index (χ0) is 15.6.